The summed E-state index contributed by atoms with van der Waals surface area (Å²) in [6, 6.07) is 7.60. The van der Waals surface area contributed by atoms with Crippen LogP contribution in [-0.2, 0) is 0 Å². The molecule has 0 saturated heterocycles. The van der Waals surface area contributed by atoms with Crippen LogP contribution < -0.4 is 9.64 Å². The summed E-state index contributed by atoms with van der Waals surface area (Å²) in [5.74, 6) is -2.83. The van der Waals surface area contributed by atoms with E-state index in [-0.39, 0.29) is 15.6 Å². The van der Waals surface area contributed by atoms with Crippen molar-refractivity contribution in [3.05, 3.63) is 57.8 Å². The third-order valence-electron chi connectivity index (χ3n) is 3.43. The summed E-state index contributed by atoms with van der Waals surface area (Å²) in [6.45, 7) is -1.65. The number of alkyl halides is 3. The van der Waals surface area contributed by atoms with Crippen molar-refractivity contribution in [2.24, 2.45) is 0 Å². The van der Waals surface area contributed by atoms with Crippen LogP contribution in [0.3, 0.4) is 0 Å². The van der Waals surface area contributed by atoms with Crippen LogP contribution in [0.5, 0.6) is 5.75 Å². The molecule has 0 atom stereocenters. The first-order chi connectivity index (χ1) is 11.7. The third-order valence-corrected chi connectivity index (χ3v) is 4.04. The summed E-state index contributed by atoms with van der Waals surface area (Å²) in [5, 5.41) is 0. The highest BCUT2D eigenvalue weighted by Crippen LogP contribution is 2.38. The standard InChI is InChI=1S/C16H8BrF4NO3/c17-10-5-13(25-7-16(19,20)21)12(6-11(10)18)22-14(23)8-3-1-2-4-9(8)15(22)24/h1-6H,7H2. The highest BCUT2D eigenvalue weighted by Gasteiger charge is 2.39. The Morgan fingerprint density at radius 2 is 1.60 bits per heavy atom. The monoisotopic (exact) mass is 417 g/mol. The van der Waals surface area contributed by atoms with Crippen molar-refractivity contribution in [1.82, 2.24) is 0 Å². The second-order valence-electron chi connectivity index (χ2n) is 5.13. The van der Waals surface area contributed by atoms with E-state index in [2.05, 4.69) is 20.7 Å². The summed E-state index contributed by atoms with van der Waals surface area (Å²) in [6.07, 6.45) is -4.64. The van der Waals surface area contributed by atoms with Crippen LogP contribution in [0, 0.1) is 5.82 Å². The number of carbonyl (C=O) groups is 2. The number of hydrogen-bond donors (Lipinski definition) is 0. The van der Waals surface area contributed by atoms with E-state index in [4.69, 9.17) is 0 Å². The molecule has 1 aliphatic heterocycles. The predicted octanol–water partition coefficient (Wildman–Crippen LogP) is 4.33. The molecular weight excluding hydrogens is 410 g/mol. The number of anilines is 1. The molecule has 0 N–H and O–H groups in total. The molecule has 0 spiro atoms. The SMILES string of the molecule is O=C1c2ccccc2C(=O)N1c1cc(F)c(Br)cc1OCC(F)(F)F. The zero-order valence-electron chi connectivity index (χ0n) is 12.2. The Morgan fingerprint density at radius 1 is 1.04 bits per heavy atom. The van der Waals surface area contributed by atoms with E-state index in [1.165, 1.54) is 24.3 Å². The van der Waals surface area contributed by atoms with Gasteiger partial charge in [-0.3, -0.25) is 9.59 Å². The van der Waals surface area contributed by atoms with Gasteiger partial charge in [0.25, 0.3) is 11.8 Å². The second-order valence-corrected chi connectivity index (χ2v) is 5.98. The second kappa shape index (κ2) is 6.14. The van der Waals surface area contributed by atoms with E-state index in [1.54, 1.807) is 0 Å². The van der Waals surface area contributed by atoms with E-state index in [0.717, 1.165) is 12.1 Å². The van der Waals surface area contributed by atoms with Gasteiger partial charge < -0.3 is 4.74 Å². The summed E-state index contributed by atoms with van der Waals surface area (Å²) in [7, 11) is 0. The highest BCUT2D eigenvalue weighted by molar-refractivity contribution is 9.10. The minimum Gasteiger partial charge on any atom is -0.482 e. The Kier molecular flexibility index (Phi) is 4.28. The zero-order valence-corrected chi connectivity index (χ0v) is 13.8. The molecule has 0 aliphatic carbocycles. The molecule has 1 aliphatic rings. The minimum absolute atomic E-state index is 0.0811. The quantitative estimate of drug-likeness (QED) is 0.551. The number of nitrogens with zero attached hydrogens (tertiary/aromatic N) is 1. The Morgan fingerprint density at radius 3 is 2.12 bits per heavy atom. The van der Waals surface area contributed by atoms with Gasteiger partial charge in [0.2, 0.25) is 0 Å². The van der Waals surface area contributed by atoms with Gasteiger partial charge in [-0.15, -0.1) is 0 Å². The van der Waals surface area contributed by atoms with Crippen LogP contribution >= 0.6 is 15.9 Å². The van der Waals surface area contributed by atoms with Crippen LogP contribution in [0.2, 0.25) is 0 Å². The molecule has 130 valence electrons. The molecule has 0 aromatic heterocycles. The zero-order chi connectivity index (χ0) is 18.4. The molecule has 2 aromatic carbocycles. The van der Waals surface area contributed by atoms with Gasteiger partial charge >= 0.3 is 6.18 Å². The number of hydrogen-bond acceptors (Lipinski definition) is 3. The minimum atomic E-state index is -4.64. The van der Waals surface area contributed by atoms with Crippen LogP contribution in [0.25, 0.3) is 0 Å². The lowest BCUT2D eigenvalue weighted by Crippen LogP contribution is -2.30. The number of fused-ring (bicyclic) bond motifs is 1. The molecule has 4 nitrogen and oxygen atoms in total. The van der Waals surface area contributed by atoms with Crippen molar-refractivity contribution in [3.63, 3.8) is 0 Å². The number of imide groups is 1. The fraction of sp³-hybridized carbons (Fsp3) is 0.125. The van der Waals surface area contributed by atoms with Crippen molar-refractivity contribution >= 4 is 33.4 Å². The largest absolute Gasteiger partial charge is 0.482 e. The molecular formula is C16H8BrF4NO3. The van der Waals surface area contributed by atoms with E-state index < -0.39 is 41.9 Å². The lowest BCUT2D eigenvalue weighted by Gasteiger charge is -2.19. The summed E-state index contributed by atoms with van der Waals surface area (Å²) in [4.78, 5) is 25.5. The van der Waals surface area contributed by atoms with Crippen molar-refractivity contribution in [3.8, 4) is 5.75 Å². The van der Waals surface area contributed by atoms with Crippen LogP contribution in [-0.4, -0.2) is 24.6 Å². The molecule has 0 saturated carbocycles. The molecule has 0 fully saturated rings. The van der Waals surface area contributed by atoms with Crippen LogP contribution in [0.1, 0.15) is 20.7 Å². The van der Waals surface area contributed by atoms with E-state index >= 15 is 0 Å². The molecule has 25 heavy (non-hydrogen) atoms. The smallest absolute Gasteiger partial charge is 0.422 e. The predicted molar refractivity (Wildman–Crippen MR) is 83.2 cm³/mol. The van der Waals surface area contributed by atoms with Gasteiger partial charge in [-0.05, 0) is 34.1 Å². The Balaban J connectivity index is 2.07. The molecule has 0 bridgehead atoms. The molecule has 9 heteroatoms. The molecule has 3 rings (SSSR count). The van der Waals surface area contributed by atoms with Gasteiger partial charge in [0.1, 0.15) is 11.6 Å². The lowest BCUT2D eigenvalue weighted by atomic mass is 10.1. The third kappa shape index (κ3) is 3.23. The lowest BCUT2D eigenvalue weighted by molar-refractivity contribution is -0.153. The summed E-state index contributed by atoms with van der Waals surface area (Å²) < 4.78 is 55.7. The van der Waals surface area contributed by atoms with Gasteiger partial charge in [-0.1, -0.05) is 12.1 Å². The van der Waals surface area contributed by atoms with E-state index in [9.17, 15) is 27.2 Å². The van der Waals surface area contributed by atoms with Crippen molar-refractivity contribution in [2.45, 2.75) is 6.18 Å². The maximum absolute atomic E-state index is 13.9. The number of amides is 2. The summed E-state index contributed by atoms with van der Waals surface area (Å²) in [5.41, 5.74) is -0.230. The van der Waals surface area contributed by atoms with Gasteiger partial charge in [0, 0.05) is 6.07 Å². The maximum Gasteiger partial charge on any atom is 0.422 e. The first-order valence-electron chi connectivity index (χ1n) is 6.85. The van der Waals surface area contributed by atoms with Gasteiger partial charge in [0.05, 0.1) is 21.3 Å². The molecule has 1 heterocycles. The number of benzene rings is 2. The fourth-order valence-corrected chi connectivity index (χ4v) is 2.70. The number of ether oxygens (including phenoxy) is 1. The Hall–Kier alpha value is -2.42. The van der Waals surface area contributed by atoms with E-state index in [1.807, 2.05) is 0 Å². The number of carbonyl (C=O) groups excluding carboxylic acids is 2. The van der Waals surface area contributed by atoms with Gasteiger partial charge in [-0.25, -0.2) is 9.29 Å². The van der Waals surface area contributed by atoms with E-state index in [0.29, 0.717) is 4.90 Å². The number of halogens is 5. The van der Waals surface area contributed by atoms with Crippen molar-refractivity contribution in [2.75, 3.05) is 11.5 Å². The maximum atomic E-state index is 13.9. The molecule has 0 radical (unpaired) electrons. The molecule has 2 aromatic rings. The molecule has 2 amide bonds. The molecule has 0 unspecified atom stereocenters. The van der Waals surface area contributed by atoms with Crippen LogP contribution in [0.15, 0.2) is 40.9 Å². The van der Waals surface area contributed by atoms with Gasteiger partial charge in [-0.2, -0.15) is 13.2 Å². The van der Waals surface area contributed by atoms with Gasteiger partial charge in [0.15, 0.2) is 6.61 Å². The average Bonchev–Trinajstić information content (AvgIpc) is 2.79. The first kappa shape index (κ1) is 17.4. The number of rotatable bonds is 3. The Bertz CT molecular complexity index is 847. The first-order valence-corrected chi connectivity index (χ1v) is 7.65. The van der Waals surface area contributed by atoms with Crippen LogP contribution in [0.4, 0.5) is 23.2 Å². The fourth-order valence-electron chi connectivity index (χ4n) is 2.38. The normalized spacial score (nSPS) is 14.0. The van der Waals surface area contributed by atoms with Crippen molar-refractivity contribution in [1.29, 1.82) is 0 Å². The Labute approximate surface area is 147 Å². The highest BCUT2D eigenvalue weighted by atomic mass is 79.9. The average molecular weight is 418 g/mol. The topological polar surface area (TPSA) is 46.6 Å². The summed E-state index contributed by atoms with van der Waals surface area (Å²) >= 11 is 2.84. The van der Waals surface area contributed by atoms with Crippen molar-refractivity contribution < 1.29 is 31.9 Å².